The third-order valence-electron chi connectivity index (χ3n) is 5.93. The van der Waals surface area contributed by atoms with Crippen molar-refractivity contribution in [2.45, 2.75) is 24.2 Å². The highest BCUT2D eigenvalue weighted by Gasteiger charge is 2.28. The van der Waals surface area contributed by atoms with Gasteiger partial charge in [0.1, 0.15) is 5.75 Å². The predicted molar refractivity (Wildman–Crippen MR) is 128 cm³/mol. The van der Waals surface area contributed by atoms with Crippen LogP contribution >= 0.6 is 11.6 Å². The molecule has 2 aliphatic heterocycles. The van der Waals surface area contributed by atoms with Crippen molar-refractivity contribution in [3.63, 3.8) is 0 Å². The Morgan fingerprint density at radius 3 is 2.42 bits per heavy atom. The first-order valence-corrected chi connectivity index (χ1v) is 12.8. The monoisotopic (exact) mass is 493 g/mol. The summed E-state index contributed by atoms with van der Waals surface area (Å²) in [7, 11) is -2.17. The zero-order valence-electron chi connectivity index (χ0n) is 18.5. The van der Waals surface area contributed by atoms with Crippen LogP contribution < -0.4 is 15.0 Å². The Morgan fingerprint density at radius 2 is 1.76 bits per heavy atom. The van der Waals surface area contributed by atoms with Crippen LogP contribution in [0.4, 0.5) is 11.4 Å². The molecule has 4 rings (SSSR count). The predicted octanol–water partition coefficient (Wildman–Crippen LogP) is 3.61. The number of hydrogen-bond donors (Lipinski definition) is 1. The van der Waals surface area contributed by atoms with E-state index < -0.39 is 15.9 Å². The van der Waals surface area contributed by atoms with E-state index in [1.54, 1.807) is 30.3 Å². The minimum absolute atomic E-state index is 0.124. The van der Waals surface area contributed by atoms with E-state index in [9.17, 15) is 13.2 Å². The maximum atomic E-state index is 13.3. The summed E-state index contributed by atoms with van der Waals surface area (Å²) in [6.07, 6.45) is 2.72. The van der Waals surface area contributed by atoms with Gasteiger partial charge in [-0.05, 0) is 49.2 Å². The zero-order chi connectivity index (χ0) is 23.4. The van der Waals surface area contributed by atoms with E-state index in [4.69, 9.17) is 21.1 Å². The minimum atomic E-state index is -3.68. The van der Waals surface area contributed by atoms with E-state index >= 15 is 0 Å². The first-order valence-electron chi connectivity index (χ1n) is 11.0. The number of anilines is 2. The highest BCUT2D eigenvalue weighted by Crippen LogP contribution is 2.30. The maximum absolute atomic E-state index is 13.3. The number of nitrogens with one attached hydrogen (secondary N) is 1. The van der Waals surface area contributed by atoms with Crippen LogP contribution in [0.1, 0.15) is 29.6 Å². The van der Waals surface area contributed by atoms with Gasteiger partial charge in [0, 0.05) is 37.6 Å². The molecule has 33 heavy (non-hydrogen) atoms. The SMILES string of the molecule is COc1ccc(NC(=O)c2cc(S(=O)(=O)N3CCCCC3)ccc2N2CCOCC2)cc1Cl. The van der Waals surface area contributed by atoms with Gasteiger partial charge in [0.15, 0.2) is 0 Å². The third-order valence-corrected chi connectivity index (χ3v) is 8.12. The molecule has 2 saturated heterocycles. The number of amides is 1. The van der Waals surface area contributed by atoms with Crippen LogP contribution in [0.3, 0.4) is 0 Å². The molecule has 2 aromatic rings. The summed E-state index contributed by atoms with van der Waals surface area (Å²) in [5.41, 5.74) is 1.46. The largest absolute Gasteiger partial charge is 0.495 e. The van der Waals surface area contributed by atoms with E-state index in [1.807, 2.05) is 4.90 Å². The van der Waals surface area contributed by atoms with E-state index in [0.717, 1.165) is 19.3 Å². The summed E-state index contributed by atoms with van der Waals surface area (Å²) >= 11 is 6.20. The van der Waals surface area contributed by atoms with Crippen molar-refractivity contribution in [3.8, 4) is 5.75 Å². The molecule has 0 aliphatic carbocycles. The zero-order valence-corrected chi connectivity index (χ0v) is 20.1. The lowest BCUT2D eigenvalue weighted by Crippen LogP contribution is -2.38. The molecule has 2 fully saturated rings. The van der Waals surface area contributed by atoms with E-state index in [-0.39, 0.29) is 4.90 Å². The molecular formula is C23H28ClN3O5S. The molecule has 1 amide bonds. The van der Waals surface area contributed by atoms with Crippen LogP contribution in [0.25, 0.3) is 0 Å². The van der Waals surface area contributed by atoms with Gasteiger partial charge in [-0.2, -0.15) is 4.31 Å². The first kappa shape index (κ1) is 23.8. The first-order chi connectivity index (χ1) is 15.9. The Bertz CT molecular complexity index is 1110. The van der Waals surface area contributed by atoms with Gasteiger partial charge in [-0.25, -0.2) is 8.42 Å². The van der Waals surface area contributed by atoms with Gasteiger partial charge in [0.2, 0.25) is 10.0 Å². The Hall–Kier alpha value is -2.33. The number of morpholine rings is 1. The summed E-state index contributed by atoms with van der Waals surface area (Å²) in [6.45, 7) is 3.32. The molecule has 178 valence electrons. The van der Waals surface area contributed by atoms with Crippen LogP contribution in [0.15, 0.2) is 41.3 Å². The molecule has 0 radical (unpaired) electrons. The van der Waals surface area contributed by atoms with Crippen molar-refractivity contribution in [1.82, 2.24) is 4.31 Å². The average Bonchev–Trinajstić information content (AvgIpc) is 2.85. The fourth-order valence-corrected chi connectivity index (χ4v) is 5.94. The van der Waals surface area contributed by atoms with Gasteiger partial charge < -0.3 is 19.7 Å². The quantitative estimate of drug-likeness (QED) is 0.661. The Morgan fingerprint density at radius 1 is 1.03 bits per heavy atom. The van der Waals surface area contributed by atoms with Crippen molar-refractivity contribution < 1.29 is 22.7 Å². The van der Waals surface area contributed by atoms with Crippen molar-refractivity contribution in [1.29, 1.82) is 0 Å². The average molecular weight is 494 g/mol. The van der Waals surface area contributed by atoms with Crippen molar-refractivity contribution in [2.75, 3.05) is 56.7 Å². The Labute approximate surface area is 199 Å². The lowest BCUT2D eigenvalue weighted by Gasteiger charge is -2.31. The van der Waals surface area contributed by atoms with Crippen molar-refractivity contribution >= 4 is 38.9 Å². The lowest BCUT2D eigenvalue weighted by molar-refractivity contribution is 0.102. The number of carbonyl (C=O) groups is 1. The third kappa shape index (κ3) is 5.27. The van der Waals surface area contributed by atoms with Crippen LogP contribution in [0.2, 0.25) is 5.02 Å². The number of carbonyl (C=O) groups excluding carboxylic acids is 1. The van der Waals surface area contributed by atoms with Crippen LogP contribution in [0, 0.1) is 0 Å². The smallest absolute Gasteiger partial charge is 0.257 e. The number of benzene rings is 2. The number of nitrogens with zero attached hydrogens (tertiary/aromatic N) is 2. The summed E-state index contributed by atoms with van der Waals surface area (Å²) in [4.78, 5) is 15.5. The second-order valence-electron chi connectivity index (χ2n) is 8.05. The summed E-state index contributed by atoms with van der Waals surface area (Å²) < 4.78 is 38.6. The minimum Gasteiger partial charge on any atom is -0.495 e. The summed E-state index contributed by atoms with van der Waals surface area (Å²) in [5.74, 6) is 0.0895. The number of methoxy groups -OCH3 is 1. The van der Waals surface area contributed by atoms with E-state index in [1.165, 1.54) is 17.5 Å². The molecule has 10 heteroatoms. The standard InChI is InChI=1S/C23H28ClN3O5S/c1-31-22-8-5-17(15-20(22)24)25-23(28)19-16-18(33(29,30)27-9-3-2-4-10-27)6-7-21(19)26-11-13-32-14-12-26/h5-8,15-16H,2-4,9-14H2,1H3,(H,25,28). The van der Waals surface area contributed by atoms with Gasteiger partial charge in [-0.3, -0.25) is 4.79 Å². The van der Waals surface area contributed by atoms with Crippen molar-refractivity contribution in [3.05, 3.63) is 47.0 Å². The fourth-order valence-electron chi connectivity index (χ4n) is 4.13. The van der Waals surface area contributed by atoms with Gasteiger partial charge in [-0.1, -0.05) is 18.0 Å². The fraction of sp³-hybridized carbons (Fsp3) is 0.435. The second kappa shape index (κ2) is 10.3. The number of rotatable bonds is 6. The molecule has 2 heterocycles. The summed E-state index contributed by atoms with van der Waals surface area (Å²) in [6, 6.07) is 9.74. The number of sulfonamides is 1. The number of hydrogen-bond acceptors (Lipinski definition) is 6. The molecule has 0 spiro atoms. The number of ether oxygens (including phenoxy) is 2. The van der Waals surface area contributed by atoms with E-state index in [0.29, 0.717) is 67.1 Å². The molecule has 8 nitrogen and oxygen atoms in total. The maximum Gasteiger partial charge on any atom is 0.257 e. The Balaban J connectivity index is 1.68. The van der Waals surface area contributed by atoms with Gasteiger partial charge in [-0.15, -0.1) is 0 Å². The lowest BCUT2D eigenvalue weighted by atomic mass is 10.1. The van der Waals surface area contributed by atoms with Gasteiger partial charge in [0.05, 0.1) is 35.8 Å². The molecule has 2 aromatic carbocycles. The Kier molecular flexibility index (Phi) is 7.43. The normalized spacial score (nSPS) is 17.6. The highest BCUT2D eigenvalue weighted by molar-refractivity contribution is 7.89. The molecule has 0 saturated carbocycles. The van der Waals surface area contributed by atoms with Crippen LogP contribution in [0.5, 0.6) is 5.75 Å². The van der Waals surface area contributed by atoms with Crippen LogP contribution in [-0.4, -0.2) is 65.1 Å². The molecule has 2 aliphatic rings. The summed E-state index contributed by atoms with van der Waals surface area (Å²) in [5, 5.41) is 3.21. The van der Waals surface area contributed by atoms with Gasteiger partial charge in [0.25, 0.3) is 5.91 Å². The second-order valence-corrected chi connectivity index (χ2v) is 10.4. The molecular weight excluding hydrogens is 466 g/mol. The molecule has 1 N–H and O–H groups in total. The topological polar surface area (TPSA) is 88.2 Å². The van der Waals surface area contributed by atoms with Gasteiger partial charge >= 0.3 is 0 Å². The molecule has 0 atom stereocenters. The van der Waals surface area contributed by atoms with Crippen molar-refractivity contribution in [2.24, 2.45) is 0 Å². The van der Waals surface area contributed by atoms with E-state index in [2.05, 4.69) is 5.32 Å². The van der Waals surface area contributed by atoms with Crippen LogP contribution in [-0.2, 0) is 14.8 Å². The number of halogens is 1. The molecule has 0 bridgehead atoms. The highest BCUT2D eigenvalue weighted by atomic mass is 35.5. The molecule has 0 aromatic heterocycles. The number of piperidine rings is 1. The molecule has 0 unspecified atom stereocenters.